The third-order valence-corrected chi connectivity index (χ3v) is 5.01. The number of amides is 1. The van der Waals surface area contributed by atoms with E-state index in [0.29, 0.717) is 12.1 Å². The van der Waals surface area contributed by atoms with Gasteiger partial charge in [0.2, 0.25) is 0 Å². The highest BCUT2D eigenvalue weighted by atomic mass is 16.1. The number of hydrogen-bond donors (Lipinski definition) is 1. The molecule has 1 aliphatic rings. The Morgan fingerprint density at radius 1 is 1.14 bits per heavy atom. The summed E-state index contributed by atoms with van der Waals surface area (Å²) >= 11 is 0. The summed E-state index contributed by atoms with van der Waals surface area (Å²) in [6, 6.07) is 0. The first kappa shape index (κ1) is 16.9. The van der Waals surface area contributed by atoms with Crippen LogP contribution in [-0.4, -0.2) is 47.0 Å². The van der Waals surface area contributed by atoms with Gasteiger partial charge in [-0.2, -0.15) is 0 Å². The van der Waals surface area contributed by atoms with Crippen molar-refractivity contribution in [1.29, 1.82) is 0 Å². The highest BCUT2D eigenvalue weighted by molar-refractivity contribution is 5.96. The van der Waals surface area contributed by atoms with Crippen LogP contribution >= 0.6 is 0 Å². The fraction of sp³-hybridized carbons (Fsp3) is 0.706. The molecule has 1 aliphatic carbocycles. The van der Waals surface area contributed by atoms with E-state index in [1.165, 1.54) is 32.0 Å². The van der Waals surface area contributed by atoms with Gasteiger partial charge in [0, 0.05) is 12.1 Å². The van der Waals surface area contributed by atoms with Crippen LogP contribution in [0.3, 0.4) is 0 Å². The molecule has 5 heteroatoms. The van der Waals surface area contributed by atoms with E-state index in [1.54, 1.807) is 0 Å². The van der Waals surface area contributed by atoms with Crippen molar-refractivity contribution in [2.75, 3.05) is 20.6 Å². The smallest absolute Gasteiger partial charge is 0.255 e. The lowest BCUT2D eigenvalue weighted by Gasteiger charge is -2.39. The Morgan fingerprint density at radius 3 is 2.18 bits per heavy atom. The van der Waals surface area contributed by atoms with E-state index in [-0.39, 0.29) is 11.4 Å². The Hall–Kier alpha value is -1.49. The molecule has 1 aromatic heterocycles. The zero-order chi connectivity index (χ0) is 16.2. The highest BCUT2D eigenvalue weighted by Crippen LogP contribution is 2.30. The van der Waals surface area contributed by atoms with Crippen molar-refractivity contribution in [3.8, 4) is 0 Å². The molecule has 0 bridgehead atoms. The molecule has 0 radical (unpaired) electrons. The van der Waals surface area contributed by atoms with E-state index in [2.05, 4.69) is 34.3 Å². The topological polar surface area (TPSA) is 58.1 Å². The standard InChI is InChI=1S/C17H28N4O/c1-13-15(14(2)20-12-19-13)16(22)18-11-17(21(3)4)9-7-5-6-8-10-17/h12H,5-11H2,1-4H3,(H,18,22). The molecule has 0 aliphatic heterocycles. The van der Waals surface area contributed by atoms with Crippen LogP contribution in [0.1, 0.15) is 60.3 Å². The average molecular weight is 304 g/mol. The van der Waals surface area contributed by atoms with Crippen molar-refractivity contribution >= 4 is 5.91 Å². The second kappa shape index (κ2) is 7.18. The summed E-state index contributed by atoms with van der Waals surface area (Å²) in [5.41, 5.74) is 2.17. The number of rotatable bonds is 4. The lowest BCUT2D eigenvalue weighted by atomic mass is 9.88. The predicted octanol–water partition coefficient (Wildman–Crippen LogP) is 2.48. The molecule has 2 rings (SSSR count). The summed E-state index contributed by atoms with van der Waals surface area (Å²) in [5, 5.41) is 3.14. The van der Waals surface area contributed by atoms with Crippen LogP contribution in [0.25, 0.3) is 0 Å². The Bertz CT molecular complexity index is 499. The van der Waals surface area contributed by atoms with Gasteiger partial charge in [0.25, 0.3) is 5.91 Å². The van der Waals surface area contributed by atoms with Crippen molar-refractivity contribution in [3.63, 3.8) is 0 Å². The summed E-state index contributed by atoms with van der Waals surface area (Å²) in [6.07, 6.45) is 8.87. The molecule has 1 fully saturated rings. The van der Waals surface area contributed by atoms with Crippen LogP contribution in [0.15, 0.2) is 6.33 Å². The maximum Gasteiger partial charge on any atom is 0.255 e. The Kier molecular flexibility index (Phi) is 5.51. The molecular weight excluding hydrogens is 276 g/mol. The largest absolute Gasteiger partial charge is 0.350 e. The molecule has 22 heavy (non-hydrogen) atoms. The second-order valence-electron chi connectivity index (χ2n) is 6.64. The van der Waals surface area contributed by atoms with E-state index >= 15 is 0 Å². The fourth-order valence-electron chi connectivity index (χ4n) is 3.42. The molecule has 1 heterocycles. The minimum Gasteiger partial charge on any atom is -0.350 e. The Balaban J connectivity index is 2.11. The summed E-state index contributed by atoms with van der Waals surface area (Å²) in [6.45, 7) is 4.40. The number of likely N-dealkylation sites (N-methyl/N-ethyl adjacent to an activating group) is 1. The number of aryl methyl sites for hydroxylation is 2. The zero-order valence-electron chi connectivity index (χ0n) is 14.3. The van der Waals surface area contributed by atoms with Gasteiger partial charge >= 0.3 is 0 Å². The quantitative estimate of drug-likeness (QED) is 0.868. The van der Waals surface area contributed by atoms with Crippen molar-refractivity contribution < 1.29 is 4.79 Å². The van der Waals surface area contributed by atoms with E-state index in [0.717, 1.165) is 24.2 Å². The van der Waals surface area contributed by atoms with E-state index in [9.17, 15) is 4.79 Å². The van der Waals surface area contributed by atoms with E-state index in [1.807, 2.05) is 13.8 Å². The minimum atomic E-state index is -0.0546. The Morgan fingerprint density at radius 2 is 1.68 bits per heavy atom. The van der Waals surface area contributed by atoms with Gasteiger partial charge in [0.05, 0.1) is 17.0 Å². The number of hydrogen-bond acceptors (Lipinski definition) is 4. The van der Waals surface area contributed by atoms with Crippen molar-refractivity contribution in [1.82, 2.24) is 20.2 Å². The van der Waals surface area contributed by atoms with Crippen LogP contribution in [0.4, 0.5) is 0 Å². The summed E-state index contributed by atoms with van der Waals surface area (Å²) < 4.78 is 0. The summed E-state index contributed by atoms with van der Waals surface area (Å²) in [5.74, 6) is -0.0546. The molecule has 0 saturated heterocycles. The second-order valence-corrected chi connectivity index (χ2v) is 6.64. The molecule has 0 aromatic carbocycles. The number of nitrogens with zero attached hydrogens (tertiary/aromatic N) is 3. The molecule has 0 unspecified atom stereocenters. The molecule has 1 aromatic rings. The van der Waals surface area contributed by atoms with Gasteiger partial charge in [-0.05, 0) is 40.8 Å². The minimum absolute atomic E-state index is 0.0546. The fourth-order valence-corrected chi connectivity index (χ4v) is 3.42. The van der Waals surface area contributed by atoms with E-state index in [4.69, 9.17) is 0 Å². The van der Waals surface area contributed by atoms with Crippen molar-refractivity contribution in [3.05, 3.63) is 23.3 Å². The van der Waals surface area contributed by atoms with Gasteiger partial charge in [-0.3, -0.25) is 4.79 Å². The van der Waals surface area contributed by atoms with Crippen LogP contribution < -0.4 is 5.32 Å². The van der Waals surface area contributed by atoms with E-state index < -0.39 is 0 Å². The monoisotopic (exact) mass is 304 g/mol. The molecule has 0 spiro atoms. The highest BCUT2D eigenvalue weighted by Gasteiger charge is 2.33. The van der Waals surface area contributed by atoms with Gasteiger partial charge in [0.15, 0.2) is 0 Å². The number of carbonyl (C=O) groups excluding carboxylic acids is 1. The summed E-state index contributed by atoms with van der Waals surface area (Å²) in [7, 11) is 4.25. The van der Waals surface area contributed by atoms with Crippen molar-refractivity contribution in [2.24, 2.45) is 0 Å². The first-order valence-electron chi connectivity index (χ1n) is 8.20. The first-order valence-corrected chi connectivity index (χ1v) is 8.20. The molecule has 5 nitrogen and oxygen atoms in total. The molecule has 0 atom stereocenters. The first-order chi connectivity index (χ1) is 10.5. The van der Waals surface area contributed by atoms with Gasteiger partial charge in [-0.1, -0.05) is 25.7 Å². The van der Waals surface area contributed by atoms with Gasteiger partial charge in [0.1, 0.15) is 6.33 Å². The number of aromatic nitrogens is 2. The Labute approximate surface area is 133 Å². The molecular formula is C17H28N4O. The lowest BCUT2D eigenvalue weighted by Crippen LogP contribution is -2.52. The van der Waals surface area contributed by atoms with Gasteiger partial charge in [-0.25, -0.2) is 9.97 Å². The molecule has 1 N–H and O–H groups in total. The number of nitrogens with one attached hydrogen (secondary N) is 1. The molecule has 1 saturated carbocycles. The third kappa shape index (κ3) is 3.64. The van der Waals surface area contributed by atoms with Crippen molar-refractivity contribution in [2.45, 2.75) is 57.9 Å². The zero-order valence-corrected chi connectivity index (χ0v) is 14.3. The van der Waals surface area contributed by atoms with Crippen LogP contribution in [0, 0.1) is 13.8 Å². The maximum absolute atomic E-state index is 12.6. The average Bonchev–Trinajstić information content (AvgIpc) is 2.71. The van der Waals surface area contributed by atoms with Gasteiger partial charge < -0.3 is 10.2 Å². The number of carbonyl (C=O) groups is 1. The van der Waals surface area contributed by atoms with Crippen LogP contribution in [0.2, 0.25) is 0 Å². The van der Waals surface area contributed by atoms with Crippen LogP contribution in [0.5, 0.6) is 0 Å². The molecule has 1 amide bonds. The predicted molar refractivity (Wildman–Crippen MR) is 88.0 cm³/mol. The normalized spacial score (nSPS) is 18.0. The summed E-state index contributed by atoms with van der Waals surface area (Å²) in [4.78, 5) is 23.1. The van der Waals surface area contributed by atoms with Gasteiger partial charge in [-0.15, -0.1) is 0 Å². The molecule has 122 valence electrons. The lowest BCUT2D eigenvalue weighted by molar-refractivity contribution is 0.0867. The maximum atomic E-state index is 12.6. The van der Waals surface area contributed by atoms with Crippen LogP contribution in [-0.2, 0) is 0 Å². The SMILES string of the molecule is Cc1ncnc(C)c1C(=O)NCC1(N(C)C)CCCCCC1. The third-order valence-electron chi connectivity index (χ3n) is 5.01.